The van der Waals surface area contributed by atoms with Gasteiger partial charge in [0.2, 0.25) is 0 Å². The summed E-state index contributed by atoms with van der Waals surface area (Å²) < 4.78 is 0. The lowest BCUT2D eigenvalue weighted by Crippen LogP contribution is -2.02. The first-order valence-electron chi connectivity index (χ1n) is 4.72. The Labute approximate surface area is 89.1 Å². The molecule has 13 heavy (non-hydrogen) atoms. The molecule has 0 aliphatic carbocycles. The lowest BCUT2D eigenvalue weighted by Gasteiger charge is -2.09. The van der Waals surface area contributed by atoms with Crippen molar-refractivity contribution < 1.29 is 0 Å². The summed E-state index contributed by atoms with van der Waals surface area (Å²) in [6.07, 6.45) is 3.52. The van der Waals surface area contributed by atoms with Gasteiger partial charge >= 0.3 is 0 Å². The van der Waals surface area contributed by atoms with Crippen LogP contribution in [0.2, 0.25) is 0 Å². The maximum absolute atomic E-state index is 5.84. The zero-order chi connectivity index (χ0) is 9.68. The molecule has 1 aromatic rings. The summed E-state index contributed by atoms with van der Waals surface area (Å²) in [4.78, 5) is 5.65. The van der Waals surface area contributed by atoms with Gasteiger partial charge in [-0.3, -0.25) is 0 Å². The summed E-state index contributed by atoms with van der Waals surface area (Å²) >= 11 is 7.59. The molecule has 1 rings (SSSR count). The molecular formula is C10H16ClNS. The number of aryl methyl sites for hydroxylation is 2. The van der Waals surface area contributed by atoms with Crippen molar-refractivity contribution in [2.45, 2.75) is 33.1 Å². The quantitative estimate of drug-likeness (QED) is 0.687. The molecule has 0 saturated carbocycles. The minimum Gasteiger partial charge on any atom is -0.250 e. The molecule has 74 valence electrons. The molecule has 0 N–H and O–H groups in total. The molecule has 0 aromatic carbocycles. The second kappa shape index (κ2) is 5.61. The molecule has 3 heteroatoms. The van der Waals surface area contributed by atoms with Gasteiger partial charge in [-0.1, -0.05) is 13.3 Å². The predicted molar refractivity (Wildman–Crippen MR) is 59.7 cm³/mol. The van der Waals surface area contributed by atoms with Crippen molar-refractivity contribution in [1.82, 2.24) is 4.98 Å². The van der Waals surface area contributed by atoms with Crippen LogP contribution in [-0.4, -0.2) is 10.9 Å². The minimum atomic E-state index is 0.670. The van der Waals surface area contributed by atoms with E-state index >= 15 is 0 Å². The normalized spacial score (nSPS) is 13.2. The Hall–Kier alpha value is -0.0800. The third-order valence-electron chi connectivity index (χ3n) is 2.42. The van der Waals surface area contributed by atoms with Crippen LogP contribution in [0.25, 0.3) is 0 Å². The lowest BCUT2D eigenvalue weighted by molar-refractivity contribution is 0.524. The fourth-order valence-corrected chi connectivity index (χ4v) is 2.46. The Morgan fingerprint density at radius 2 is 2.38 bits per heavy atom. The van der Waals surface area contributed by atoms with Gasteiger partial charge in [0.05, 0.1) is 11.2 Å². The van der Waals surface area contributed by atoms with E-state index < -0.39 is 0 Å². The molecule has 1 heterocycles. The van der Waals surface area contributed by atoms with Crippen LogP contribution in [0, 0.1) is 12.8 Å². The van der Waals surface area contributed by atoms with Crippen LogP contribution in [0.15, 0.2) is 5.51 Å². The Morgan fingerprint density at radius 1 is 1.62 bits per heavy atom. The highest BCUT2D eigenvalue weighted by Crippen LogP contribution is 2.19. The topological polar surface area (TPSA) is 12.9 Å². The van der Waals surface area contributed by atoms with E-state index in [-0.39, 0.29) is 0 Å². The maximum Gasteiger partial charge on any atom is 0.0797 e. The molecule has 1 atom stereocenters. The highest BCUT2D eigenvalue weighted by molar-refractivity contribution is 7.09. The molecule has 0 saturated heterocycles. The third-order valence-corrected chi connectivity index (χ3v) is 3.85. The number of nitrogens with zero attached hydrogens (tertiary/aromatic N) is 1. The largest absolute Gasteiger partial charge is 0.250 e. The van der Waals surface area contributed by atoms with Gasteiger partial charge in [-0.25, -0.2) is 4.98 Å². The summed E-state index contributed by atoms with van der Waals surface area (Å²) in [5, 5.41) is 0. The van der Waals surface area contributed by atoms with Gasteiger partial charge in [-0.05, 0) is 25.7 Å². The van der Waals surface area contributed by atoms with Crippen molar-refractivity contribution in [1.29, 1.82) is 0 Å². The van der Waals surface area contributed by atoms with Gasteiger partial charge < -0.3 is 0 Å². The standard InChI is InChI=1S/C10H16ClNS/c1-3-9(6-11)4-5-10-8(2)12-7-13-10/h7,9H,3-6H2,1-2H3. The van der Waals surface area contributed by atoms with Crippen molar-refractivity contribution in [2.75, 3.05) is 5.88 Å². The maximum atomic E-state index is 5.84. The molecule has 1 unspecified atom stereocenters. The molecule has 1 aromatic heterocycles. The average Bonchev–Trinajstić information content (AvgIpc) is 2.54. The summed E-state index contributed by atoms with van der Waals surface area (Å²) in [5.74, 6) is 1.46. The number of hydrogen-bond donors (Lipinski definition) is 0. The second-order valence-corrected chi connectivity index (χ2v) is 4.58. The smallest absolute Gasteiger partial charge is 0.0797 e. The van der Waals surface area contributed by atoms with Crippen molar-refractivity contribution in [3.8, 4) is 0 Å². The van der Waals surface area contributed by atoms with Crippen LogP contribution < -0.4 is 0 Å². The van der Waals surface area contributed by atoms with Crippen molar-refractivity contribution >= 4 is 22.9 Å². The van der Waals surface area contributed by atoms with Crippen LogP contribution in [0.1, 0.15) is 30.3 Å². The summed E-state index contributed by atoms with van der Waals surface area (Å²) in [7, 11) is 0. The van der Waals surface area contributed by atoms with Gasteiger partial charge in [-0.2, -0.15) is 0 Å². The molecule has 0 aliphatic heterocycles. The van der Waals surface area contributed by atoms with Gasteiger partial charge in [0.25, 0.3) is 0 Å². The van der Waals surface area contributed by atoms with Crippen LogP contribution >= 0.6 is 22.9 Å². The first-order chi connectivity index (χ1) is 6.27. The first kappa shape index (κ1) is 11.0. The number of thiazole rings is 1. The molecule has 0 fully saturated rings. The highest BCUT2D eigenvalue weighted by atomic mass is 35.5. The summed E-state index contributed by atoms with van der Waals surface area (Å²) in [6, 6.07) is 0. The van der Waals surface area contributed by atoms with Crippen LogP contribution in [0.3, 0.4) is 0 Å². The molecular weight excluding hydrogens is 202 g/mol. The Bertz CT molecular complexity index is 243. The van der Waals surface area contributed by atoms with Crippen LogP contribution in [0.5, 0.6) is 0 Å². The van der Waals surface area contributed by atoms with E-state index in [1.54, 1.807) is 11.3 Å². The number of alkyl halides is 1. The van der Waals surface area contributed by atoms with Gasteiger partial charge in [-0.15, -0.1) is 22.9 Å². The SMILES string of the molecule is CCC(CCl)CCc1scnc1C. The zero-order valence-electron chi connectivity index (χ0n) is 8.22. The van der Waals surface area contributed by atoms with E-state index in [4.69, 9.17) is 11.6 Å². The molecule has 0 aliphatic rings. The highest BCUT2D eigenvalue weighted by Gasteiger charge is 2.07. The number of rotatable bonds is 5. The monoisotopic (exact) mass is 217 g/mol. The minimum absolute atomic E-state index is 0.670. The second-order valence-electron chi connectivity index (χ2n) is 3.33. The first-order valence-corrected chi connectivity index (χ1v) is 6.14. The van der Waals surface area contributed by atoms with E-state index in [9.17, 15) is 0 Å². The molecule has 0 amide bonds. The number of aromatic nitrogens is 1. The predicted octanol–water partition coefficient (Wildman–Crippen LogP) is 3.65. The fourth-order valence-electron chi connectivity index (χ4n) is 1.29. The molecule has 0 radical (unpaired) electrons. The van der Waals surface area contributed by atoms with E-state index in [1.165, 1.54) is 23.4 Å². The van der Waals surface area contributed by atoms with Gasteiger partial charge in [0, 0.05) is 10.8 Å². The fraction of sp³-hybridized carbons (Fsp3) is 0.700. The zero-order valence-corrected chi connectivity index (χ0v) is 9.79. The molecule has 0 spiro atoms. The van der Waals surface area contributed by atoms with Crippen molar-refractivity contribution in [2.24, 2.45) is 5.92 Å². The van der Waals surface area contributed by atoms with Crippen molar-refractivity contribution in [3.63, 3.8) is 0 Å². The summed E-state index contributed by atoms with van der Waals surface area (Å²) in [5.41, 5.74) is 3.11. The lowest BCUT2D eigenvalue weighted by atomic mass is 10.0. The Morgan fingerprint density at radius 3 is 2.85 bits per heavy atom. The van der Waals surface area contributed by atoms with E-state index in [0.717, 1.165) is 12.3 Å². The Balaban J connectivity index is 2.38. The molecule has 0 bridgehead atoms. The van der Waals surface area contributed by atoms with Gasteiger partial charge in [0.15, 0.2) is 0 Å². The molecule has 1 nitrogen and oxygen atoms in total. The summed E-state index contributed by atoms with van der Waals surface area (Å²) in [6.45, 7) is 4.28. The average molecular weight is 218 g/mol. The van der Waals surface area contributed by atoms with E-state index in [1.807, 2.05) is 5.51 Å². The van der Waals surface area contributed by atoms with E-state index in [0.29, 0.717) is 5.92 Å². The third kappa shape index (κ3) is 3.28. The number of hydrogen-bond acceptors (Lipinski definition) is 2. The Kier molecular flexibility index (Phi) is 4.74. The van der Waals surface area contributed by atoms with Crippen molar-refractivity contribution in [3.05, 3.63) is 16.1 Å². The van der Waals surface area contributed by atoms with Crippen LogP contribution in [-0.2, 0) is 6.42 Å². The number of halogens is 1. The van der Waals surface area contributed by atoms with E-state index in [2.05, 4.69) is 18.8 Å². The van der Waals surface area contributed by atoms with Gasteiger partial charge in [0.1, 0.15) is 0 Å². The van der Waals surface area contributed by atoms with Crippen LogP contribution in [0.4, 0.5) is 0 Å².